The fraction of sp³-hybridized carbons (Fsp3) is 0.333. The van der Waals surface area contributed by atoms with Gasteiger partial charge in [-0.05, 0) is 18.8 Å². The van der Waals surface area contributed by atoms with Gasteiger partial charge in [0, 0.05) is 6.85 Å². The van der Waals surface area contributed by atoms with E-state index in [2.05, 4.69) is 0 Å². The van der Waals surface area contributed by atoms with E-state index in [1.807, 2.05) is 0 Å². The highest BCUT2D eigenvalue weighted by molar-refractivity contribution is 5.20. The zero-order valence-corrected chi connectivity index (χ0v) is 5.00. The maximum Gasteiger partial charge on any atom is 0.0626 e. The van der Waals surface area contributed by atoms with Gasteiger partial charge in [0.25, 0.3) is 0 Å². The molecule has 0 amide bonds. The van der Waals surface area contributed by atoms with Crippen LogP contribution >= 0.6 is 0 Å². The fourth-order valence-corrected chi connectivity index (χ4v) is 0.438. The van der Waals surface area contributed by atoms with E-state index in [-0.39, 0.29) is 0 Å². The van der Waals surface area contributed by atoms with Crippen LogP contribution in [-0.4, -0.2) is 0 Å². The maximum atomic E-state index is 7.63. The summed E-state index contributed by atoms with van der Waals surface area (Å²) >= 11 is 0. The Labute approximate surface area is 69.2 Å². The number of benzene rings is 1. The Hall–Kier alpha value is -0.780. The standard InChI is InChI=1S/C9H12/c1-3-9-6-4-8(2)5-7-9/h4-7H,3H2,1-2H3/i2D3,3D2,4D,5D,6D,7D. The molecule has 0 aliphatic rings. The van der Waals surface area contributed by atoms with E-state index in [0.29, 0.717) is 0 Å². The highest BCUT2D eigenvalue weighted by atomic mass is 13.9. The minimum absolute atomic E-state index is 0.425. The highest BCUT2D eigenvalue weighted by Crippen LogP contribution is 2.02. The summed E-state index contributed by atoms with van der Waals surface area (Å²) in [4.78, 5) is 0. The minimum atomic E-state index is -2.77. The molecule has 0 atom stereocenters. The van der Waals surface area contributed by atoms with Crippen LogP contribution in [0.1, 0.15) is 30.4 Å². The molecule has 0 spiro atoms. The van der Waals surface area contributed by atoms with Crippen molar-refractivity contribution in [2.24, 2.45) is 0 Å². The molecule has 0 radical (unpaired) electrons. The molecule has 0 saturated carbocycles. The molecule has 0 saturated heterocycles. The van der Waals surface area contributed by atoms with E-state index in [1.165, 1.54) is 0 Å². The molecular weight excluding hydrogens is 108 g/mol. The van der Waals surface area contributed by atoms with Gasteiger partial charge in [-0.3, -0.25) is 0 Å². The summed E-state index contributed by atoms with van der Waals surface area (Å²) in [7, 11) is 0. The van der Waals surface area contributed by atoms with Gasteiger partial charge >= 0.3 is 0 Å². The quantitative estimate of drug-likeness (QED) is 0.546. The van der Waals surface area contributed by atoms with Crippen molar-refractivity contribution in [1.82, 2.24) is 0 Å². The van der Waals surface area contributed by atoms with Crippen LogP contribution in [0.15, 0.2) is 24.2 Å². The van der Waals surface area contributed by atoms with Crippen LogP contribution in [0.25, 0.3) is 0 Å². The van der Waals surface area contributed by atoms with Gasteiger partial charge in [-0.25, -0.2) is 0 Å². The summed E-state index contributed by atoms with van der Waals surface area (Å²) < 4.78 is 67.0. The Morgan fingerprint density at radius 1 is 1.56 bits per heavy atom. The highest BCUT2D eigenvalue weighted by Gasteiger charge is 1.84. The Morgan fingerprint density at radius 2 is 2.22 bits per heavy atom. The molecule has 0 nitrogen and oxygen atoms in total. The molecule has 0 aromatic heterocycles. The van der Waals surface area contributed by atoms with Crippen molar-refractivity contribution in [3.63, 3.8) is 0 Å². The summed E-state index contributed by atoms with van der Waals surface area (Å²) in [6.07, 6.45) is -2.08. The molecule has 0 heteroatoms. The van der Waals surface area contributed by atoms with E-state index < -0.39 is 48.5 Å². The van der Waals surface area contributed by atoms with Crippen LogP contribution in [0.5, 0.6) is 0 Å². The first kappa shape index (κ1) is 1.45. The van der Waals surface area contributed by atoms with E-state index in [1.54, 1.807) is 0 Å². The lowest BCUT2D eigenvalue weighted by Gasteiger charge is -1.94. The lowest BCUT2D eigenvalue weighted by Crippen LogP contribution is -1.77. The molecule has 9 heavy (non-hydrogen) atoms. The second-order valence-corrected chi connectivity index (χ2v) is 1.50. The maximum absolute atomic E-state index is 7.63. The van der Waals surface area contributed by atoms with Gasteiger partial charge in [-0.2, -0.15) is 0 Å². The molecule has 0 heterocycles. The van der Waals surface area contributed by atoms with E-state index in [9.17, 15) is 0 Å². The average molecular weight is 129 g/mol. The van der Waals surface area contributed by atoms with Crippen molar-refractivity contribution in [1.29, 1.82) is 0 Å². The van der Waals surface area contributed by atoms with Gasteiger partial charge in [0.15, 0.2) is 0 Å². The molecule has 48 valence electrons. The fourth-order valence-electron chi connectivity index (χ4n) is 0.438. The Bertz CT molecular complexity index is 406. The molecule has 1 aromatic rings. The van der Waals surface area contributed by atoms with Crippen LogP contribution in [0, 0.1) is 6.85 Å². The van der Waals surface area contributed by atoms with E-state index in [4.69, 9.17) is 12.3 Å². The molecule has 1 rings (SSSR count). The van der Waals surface area contributed by atoms with Gasteiger partial charge in [-0.15, -0.1) is 0 Å². The van der Waals surface area contributed by atoms with Gasteiger partial charge in [0.1, 0.15) is 0 Å². The largest absolute Gasteiger partial charge is 0.0626 e. The zero-order chi connectivity index (χ0) is 14.5. The molecular formula is C9H12. The summed E-state index contributed by atoms with van der Waals surface area (Å²) in [5.74, 6) is 0. The zero-order valence-electron chi connectivity index (χ0n) is 14.0. The Kier molecular flexibility index (Phi) is 0.429. The Balaban J connectivity index is 3.79. The second-order valence-electron chi connectivity index (χ2n) is 1.50. The van der Waals surface area contributed by atoms with Crippen LogP contribution in [-0.2, 0) is 6.37 Å². The predicted molar refractivity (Wildman–Crippen MR) is 40.6 cm³/mol. The summed E-state index contributed by atoms with van der Waals surface area (Å²) in [6, 6.07) is -2.71. The molecule has 1 aromatic carbocycles. The smallest absolute Gasteiger partial charge is 0.0613 e. The molecule has 0 N–H and O–H groups in total. The molecule has 0 aliphatic carbocycles. The first-order valence-corrected chi connectivity index (χ1v) is 2.50. The van der Waals surface area contributed by atoms with Crippen molar-refractivity contribution in [2.75, 3.05) is 0 Å². The minimum Gasteiger partial charge on any atom is -0.0613 e. The van der Waals surface area contributed by atoms with Crippen molar-refractivity contribution in [2.45, 2.75) is 20.1 Å². The van der Waals surface area contributed by atoms with E-state index >= 15 is 0 Å². The van der Waals surface area contributed by atoms with Gasteiger partial charge in [-0.1, -0.05) is 36.7 Å². The topological polar surface area (TPSA) is 0 Å². The van der Waals surface area contributed by atoms with Crippen LogP contribution in [0.4, 0.5) is 0 Å². The van der Waals surface area contributed by atoms with Crippen molar-refractivity contribution < 1.29 is 12.3 Å². The molecule has 0 bridgehead atoms. The van der Waals surface area contributed by atoms with Gasteiger partial charge in [0.05, 0.1) is 5.48 Å². The first-order chi connectivity index (χ1) is 7.89. The third kappa shape index (κ3) is 1.56. The van der Waals surface area contributed by atoms with Crippen LogP contribution in [0.3, 0.4) is 0 Å². The van der Waals surface area contributed by atoms with Crippen LogP contribution in [0.2, 0.25) is 0 Å². The molecule has 0 fully saturated rings. The lowest BCUT2D eigenvalue weighted by molar-refractivity contribution is 1.14. The second kappa shape index (κ2) is 2.67. The van der Waals surface area contributed by atoms with Crippen molar-refractivity contribution >= 4 is 0 Å². The lowest BCUT2D eigenvalue weighted by atomic mass is 10.1. The normalized spacial score (nSPS) is 27.0. The van der Waals surface area contributed by atoms with Crippen molar-refractivity contribution in [3.8, 4) is 0 Å². The number of hydrogen-bond donors (Lipinski definition) is 0. The van der Waals surface area contributed by atoms with Gasteiger partial charge in [0.2, 0.25) is 0 Å². The predicted octanol–water partition coefficient (Wildman–Crippen LogP) is 2.56. The average Bonchev–Trinajstić information content (AvgIpc) is 2.10. The first-order valence-electron chi connectivity index (χ1n) is 7.00. The summed E-state index contributed by atoms with van der Waals surface area (Å²) in [5.41, 5.74) is -1.10. The molecule has 0 unspecified atom stereocenters. The summed E-state index contributed by atoms with van der Waals surface area (Å²) in [6.45, 7) is -1.66. The number of rotatable bonds is 1. The Morgan fingerprint density at radius 3 is 2.67 bits per heavy atom. The summed E-state index contributed by atoms with van der Waals surface area (Å²) in [5, 5.41) is 0. The van der Waals surface area contributed by atoms with Crippen molar-refractivity contribution in [3.05, 3.63) is 35.3 Å². The van der Waals surface area contributed by atoms with E-state index in [0.717, 1.165) is 6.92 Å². The monoisotopic (exact) mass is 129 g/mol. The van der Waals surface area contributed by atoms with Crippen LogP contribution < -0.4 is 0 Å². The third-order valence-electron chi connectivity index (χ3n) is 0.875. The number of hydrogen-bond acceptors (Lipinski definition) is 0. The molecule has 0 aliphatic heterocycles. The van der Waals surface area contributed by atoms with Gasteiger partial charge < -0.3 is 0 Å². The SMILES string of the molecule is [2H]c1c([2H])c(C([2H])([2H])C)c([2H])c([2H])c1C([2H])([2H])[2H]. The third-order valence-corrected chi connectivity index (χ3v) is 0.875.